The number of para-hydroxylation sites is 1. The second kappa shape index (κ2) is 5.86. The standard InChI is InChI=1S/C18H15N5O2/c1-11(17-22-21-15-8-4-5-9-23(15)17)19-18(25)13-10-16(24)20-14-7-3-2-6-12(13)14/h2-11H,1H3,(H,19,25)(H,20,24)/t11-/m1/s1. The number of carbonyl (C=O) groups excluding carboxylic acids is 1. The van der Waals surface area contributed by atoms with E-state index in [-0.39, 0.29) is 17.5 Å². The number of nitrogens with one attached hydrogen (secondary N) is 2. The van der Waals surface area contributed by atoms with E-state index in [0.29, 0.717) is 27.9 Å². The van der Waals surface area contributed by atoms with Gasteiger partial charge in [-0.25, -0.2) is 0 Å². The van der Waals surface area contributed by atoms with Crippen molar-refractivity contribution in [2.24, 2.45) is 0 Å². The van der Waals surface area contributed by atoms with Gasteiger partial charge in [-0.1, -0.05) is 24.3 Å². The fourth-order valence-corrected chi connectivity index (χ4v) is 2.89. The molecular weight excluding hydrogens is 318 g/mol. The maximum atomic E-state index is 12.7. The third-order valence-corrected chi connectivity index (χ3v) is 4.07. The molecule has 0 saturated heterocycles. The van der Waals surface area contributed by atoms with Crippen LogP contribution in [0.4, 0.5) is 0 Å². The lowest BCUT2D eigenvalue weighted by atomic mass is 10.1. The number of rotatable bonds is 3. The zero-order chi connectivity index (χ0) is 17.4. The van der Waals surface area contributed by atoms with Crippen LogP contribution in [0.3, 0.4) is 0 Å². The number of benzene rings is 1. The molecule has 0 saturated carbocycles. The molecule has 0 aliphatic carbocycles. The molecule has 4 rings (SSSR count). The monoisotopic (exact) mass is 333 g/mol. The molecule has 0 radical (unpaired) electrons. The molecule has 3 aromatic heterocycles. The van der Waals surface area contributed by atoms with Crippen LogP contribution in [-0.4, -0.2) is 25.5 Å². The highest BCUT2D eigenvalue weighted by Crippen LogP contribution is 2.17. The Morgan fingerprint density at radius 2 is 1.96 bits per heavy atom. The van der Waals surface area contributed by atoms with Gasteiger partial charge in [0, 0.05) is 23.2 Å². The van der Waals surface area contributed by atoms with Crippen molar-refractivity contribution in [2.75, 3.05) is 0 Å². The molecule has 0 fully saturated rings. The molecule has 0 spiro atoms. The Kier molecular flexibility index (Phi) is 3.53. The van der Waals surface area contributed by atoms with Crippen LogP contribution < -0.4 is 10.9 Å². The van der Waals surface area contributed by atoms with E-state index >= 15 is 0 Å². The summed E-state index contributed by atoms with van der Waals surface area (Å²) in [5.74, 6) is 0.292. The molecule has 1 atom stereocenters. The Bertz CT molecular complexity index is 1140. The Labute approximate surface area is 142 Å². The lowest BCUT2D eigenvalue weighted by Gasteiger charge is -2.13. The number of carbonyl (C=O) groups is 1. The van der Waals surface area contributed by atoms with Crippen molar-refractivity contribution >= 4 is 22.5 Å². The number of fused-ring (bicyclic) bond motifs is 2. The maximum absolute atomic E-state index is 12.7. The highest BCUT2D eigenvalue weighted by Gasteiger charge is 2.18. The van der Waals surface area contributed by atoms with Crippen molar-refractivity contribution in [1.29, 1.82) is 0 Å². The summed E-state index contributed by atoms with van der Waals surface area (Å²) in [6.07, 6.45) is 1.84. The molecule has 1 amide bonds. The highest BCUT2D eigenvalue weighted by atomic mass is 16.2. The summed E-state index contributed by atoms with van der Waals surface area (Å²) >= 11 is 0. The average Bonchev–Trinajstić information content (AvgIpc) is 3.05. The molecule has 124 valence electrons. The number of amides is 1. The van der Waals surface area contributed by atoms with Gasteiger partial charge in [0.15, 0.2) is 11.5 Å². The Morgan fingerprint density at radius 1 is 1.16 bits per heavy atom. The van der Waals surface area contributed by atoms with E-state index in [2.05, 4.69) is 20.5 Å². The maximum Gasteiger partial charge on any atom is 0.252 e. The van der Waals surface area contributed by atoms with Crippen LogP contribution in [0.15, 0.2) is 59.5 Å². The summed E-state index contributed by atoms with van der Waals surface area (Å²) in [6, 6.07) is 13.7. The van der Waals surface area contributed by atoms with E-state index in [9.17, 15) is 9.59 Å². The number of hydrogen-bond acceptors (Lipinski definition) is 4. The minimum absolute atomic E-state index is 0.315. The Morgan fingerprint density at radius 3 is 2.84 bits per heavy atom. The van der Waals surface area contributed by atoms with E-state index < -0.39 is 0 Å². The summed E-state index contributed by atoms with van der Waals surface area (Å²) in [5, 5.41) is 11.8. The van der Waals surface area contributed by atoms with Gasteiger partial charge in [0.05, 0.1) is 11.6 Å². The van der Waals surface area contributed by atoms with E-state index in [0.717, 1.165) is 0 Å². The van der Waals surface area contributed by atoms with Crippen molar-refractivity contribution in [3.63, 3.8) is 0 Å². The van der Waals surface area contributed by atoms with Gasteiger partial charge < -0.3 is 10.3 Å². The molecule has 0 unspecified atom stereocenters. The number of nitrogens with zero attached hydrogens (tertiary/aromatic N) is 3. The molecule has 0 aliphatic rings. The largest absolute Gasteiger partial charge is 0.342 e. The third-order valence-electron chi connectivity index (χ3n) is 4.07. The fourth-order valence-electron chi connectivity index (χ4n) is 2.89. The van der Waals surface area contributed by atoms with Gasteiger partial charge in [-0.15, -0.1) is 10.2 Å². The Balaban J connectivity index is 1.69. The Hall–Kier alpha value is -3.48. The third kappa shape index (κ3) is 2.65. The van der Waals surface area contributed by atoms with Crippen molar-refractivity contribution in [3.8, 4) is 0 Å². The molecule has 25 heavy (non-hydrogen) atoms. The van der Waals surface area contributed by atoms with Gasteiger partial charge in [-0.05, 0) is 25.1 Å². The van der Waals surface area contributed by atoms with Crippen molar-refractivity contribution in [1.82, 2.24) is 24.9 Å². The first kappa shape index (κ1) is 15.1. The molecule has 0 bridgehead atoms. The first-order valence-corrected chi connectivity index (χ1v) is 7.86. The van der Waals surface area contributed by atoms with Crippen LogP contribution in [0.2, 0.25) is 0 Å². The van der Waals surface area contributed by atoms with Crippen molar-refractivity contribution in [2.45, 2.75) is 13.0 Å². The first-order valence-electron chi connectivity index (χ1n) is 7.86. The summed E-state index contributed by atoms with van der Waals surface area (Å²) in [5.41, 5.74) is 1.35. The number of aromatic nitrogens is 4. The fraction of sp³-hybridized carbons (Fsp3) is 0.111. The van der Waals surface area contributed by atoms with Gasteiger partial charge >= 0.3 is 0 Å². The minimum Gasteiger partial charge on any atom is -0.342 e. The summed E-state index contributed by atoms with van der Waals surface area (Å²) in [4.78, 5) is 27.3. The molecule has 3 heterocycles. The van der Waals surface area contributed by atoms with Crippen LogP contribution in [0, 0.1) is 0 Å². The van der Waals surface area contributed by atoms with Crippen LogP contribution in [-0.2, 0) is 0 Å². The van der Waals surface area contributed by atoms with Crippen LogP contribution in [0.25, 0.3) is 16.6 Å². The van der Waals surface area contributed by atoms with Gasteiger partial charge in [0.25, 0.3) is 5.91 Å². The predicted octanol–water partition coefficient (Wildman–Crippen LogP) is 2.06. The van der Waals surface area contributed by atoms with Gasteiger partial charge in [-0.2, -0.15) is 0 Å². The van der Waals surface area contributed by atoms with Gasteiger partial charge in [0.2, 0.25) is 5.56 Å². The topological polar surface area (TPSA) is 92.1 Å². The molecular formula is C18H15N5O2. The van der Waals surface area contributed by atoms with Crippen LogP contribution in [0.5, 0.6) is 0 Å². The van der Waals surface area contributed by atoms with E-state index in [4.69, 9.17) is 0 Å². The van der Waals surface area contributed by atoms with Gasteiger partial charge in [0.1, 0.15) is 0 Å². The predicted molar refractivity (Wildman–Crippen MR) is 93.4 cm³/mol. The average molecular weight is 333 g/mol. The number of hydrogen-bond donors (Lipinski definition) is 2. The van der Waals surface area contributed by atoms with Crippen LogP contribution >= 0.6 is 0 Å². The quantitative estimate of drug-likeness (QED) is 0.600. The normalized spacial score (nSPS) is 12.4. The second-order valence-electron chi connectivity index (χ2n) is 5.78. The molecule has 4 aromatic rings. The van der Waals surface area contributed by atoms with Gasteiger partial charge in [-0.3, -0.25) is 14.0 Å². The smallest absolute Gasteiger partial charge is 0.252 e. The summed E-state index contributed by atoms with van der Waals surface area (Å²) < 4.78 is 1.82. The molecule has 0 aliphatic heterocycles. The summed E-state index contributed by atoms with van der Waals surface area (Å²) in [6.45, 7) is 1.83. The number of pyridine rings is 2. The molecule has 1 aromatic carbocycles. The lowest BCUT2D eigenvalue weighted by Crippen LogP contribution is -2.29. The van der Waals surface area contributed by atoms with Crippen molar-refractivity contribution in [3.05, 3.63) is 76.5 Å². The highest BCUT2D eigenvalue weighted by molar-refractivity contribution is 6.06. The number of aromatic amines is 1. The van der Waals surface area contributed by atoms with E-state index in [1.54, 1.807) is 12.1 Å². The molecule has 7 heteroatoms. The summed E-state index contributed by atoms with van der Waals surface area (Å²) in [7, 11) is 0. The van der Waals surface area contributed by atoms with E-state index in [1.165, 1.54) is 6.07 Å². The van der Waals surface area contributed by atoms with Crippen molar-refractivity contribution < 1.29 is 4.79 Å². The number of H-pyrrole nitrogens is 1. The van der Waals surface area contributed by atoms with Crippen LogP contribution in [0.1, 0.15) is 29.1 Å². The molecule has 7 nitrogen and oxygen atoms in total. The SMILES string of the molecule is C[C@@H](NC(=O)c1cc(=O)[nH]c2ccccc12)c1nnc2ccccn12. The molecule has 2 N–H and O–H groups in total. The zero-order valence-corrected chi connectivity index (χ0v) is 13.4. The second-order valence-corrected chi connectivity index (χ2v) is 5.78. The van der Waals surface area contributed by atoms with E-state index in [1.807, 2.05) is 47.9 Å². The minimum atomic E-state index is -0.372. The lowest BCUT2D eigenvalue weighted by molar-refractivity contribution is 0.0939. The first-order chi connectivity index (χ1) is 12.1. The zero-order valence-electron chi connectivity index (χ0n) is 13.4.